The van der Waals surface area contributed by atoms with Crippen LogP contribution in [0.3, 0.4) is 0 Å². The van der Waals surface area contributed by atoms with Gasteiger partial charge < -0.3 is 15.1 Å². The van der Waals surface area contributed by atoms with Gasteiger partial charge in [-0.2, -0.15) is 0 Å². The molecule has 0 bridgehead atoms. The molecule has 3 heterocycles. The fourth-order valence-corrected chi connectivity index (χ4v) is 6.37. The SMILES string of the molecule is CS(=O)c1c(F)c(F)c(F)c(F)c1NC1CN(c2ncnc3c2CCN(c2cccc4cccc(Cl)c24)C3)C1. The van der Waals surface area contributed by atoms with Crippen LogP contribution < -0.4 is 15.1 Å². The van der Waals surface area contributed by atoms with Gasteiger partial charge in [-0.25, -0.2) is 27.5 Å². The predicted molar refractivity (Wildman–Crippen MR) is 144 cm³/mol. The van der Waals surface area contributed by atoms with Crippen molar-refractivity contribution >= 4 is 50.4 Å². The number of nitrogens with zero attached hydrogens (tertiary/aromatic N) is 4. The summed E-state index contributed by atoms with van der Waals surface area (Å²) in [5, 5.41) is 5.45. The molecule has 1 unspecified atom stereocenters. The minimum absolute atomic E-state index is 0.349. The van der Waals surface area contributed by atoms with Crippen LogP contribution in [-0.4, -0.2) is 46.1 Å². The Balaban J connectivity index is 1.22. The molecule has 0 saturated carbocycles. The highest BCUT2D eigenvalue weighted by Gasteiger charge is 2.35. The number of anilines is 3. The number of fused-ring (bicyclic) bond motifs is 2. The van der Waals surface area contributed by atoms with Gasteiger partial charge in [0.1, 0.15) is 17.0 Å². The number of hydrogen-bond donors (Lipinski definition) is 1. The van der Waals surface area contributed by atoms with Crippen LogP contribution in [0.4, 0.5) is 34.8 Å². The topological polar surface area (TPSA) is 61.4 Å². The number of hydrogen-bond acceptors (Lipinski definition) is 6. The smallest absolute Gasteiger partial charge is 0.199 e. The second-order valence-electron chi connectivity index (χ2n) is 9.57. The molecular formula is C27H22ClF4N5OS. The van der Waals surface area contributed by atoms with Gasteiger partial charge in [0.25, 0.3) is 0 Å². The number of rotatable bonds is 5. The normalized spacial score (nSPS) is 16.3. The minimum atomic E-state index is -2.08. The first kappa shape index (κ1) is 25.8. The number of nitrogens with one attached hydrogen (secondary N) is 1. The van der Waals surface area contributed by atoms with Crippen LogP contribution in [0.5, 0.6) is 0 Å². The van der Waals surface area contributed by atoms with Gasteiger partial charge in [-0.15, -0.1) is 0 Å². The molecule has 1 saturated heterocycles. The van der Waals surface area contributed by atoms with Crippen molar-refractivity contribution in [2.24, 2.45) is 0 Å². The fourth-order valence-electron chi connectivity index (χ4n) is 5.31. The molecule has 0 aliphatic carbocycles. The average Bonchev–Trinajstić information content (AvgIpc) is 2.91. The van der Waals surface area contributed by atoms with E-state index in [1.54, 1.807) is 0 Å². The van der Waals surface area contributed by atoms with Crippen LogP contribution in [0.25, 0.3) is 10.8 Å². The van der Waals surface area contributed by atoms with Crippen molar-refractivity contribution in [3.63, 3.8) is 0 Å². The van der Waals surface area contributed by atoms with Crippen LogP contribution >= 0.6 is 11.6 Å². The van der Waals surface area contributed by atoms with E-state index in [1.807, 2.05) is 41.3 Å². The van der Waals surface area contributed by atoms with Crippen molar-refractivity contribution in [1.29, 1.82) is 0 Å². The maximum absolute atomic E-state index is 14.5. The maximum Gasteiger partial charge on any atom is 0.199 e. The van der Waals surface area contributed by atoms with E-state index in [0.717, 1.165) is 46.3 Å². The third kappa shape index (κ3) is 4.37. The predicted octanol–water partition coefficient (Wildman–Crippen LogP) is 5.44. The van der Waals surface area contributed by atoms with Gasteiger partial charge >= 0.3 is 0 Å². The lowest BCUT2D eigenvalue weighted by Crippen LogP contribution is -2.56. The molecular weight excluding hydrogens is 554 g/mol. The van der Waals surface area contributed by atoms with Gasteiger partial charge in [-0.3, -0.25) is 4.21 Å². The second kappa shape index (κ2) is 9.95. The zero-order valence-corrected chi connectivity index (χ0v) is 22.2. The van der Waals surface area contributed by atoms with E-state index in [0.29, 0.717) is 31.1 Å². The molecule has 2 aliphatic heterocycles. The van der Waals surface area contributed by atoms with Gasteiger partial charge in [0.15, 0.2) is 23.3 Å². The Labute approximate surface area is 229 Å². The molecule has 1 aromatic heterocycles. The first-order valence-electron chi connectivity index (χ1n) is 12.2. The molecule has 2 aliphatic rings. The highest BCUT2D eigenvalue weighted by atomic mass is 35.5. The zero-order chi connectivity index (χ0) is 27.4. The Morgan fingerprint density at radius 2 is 1.69 bits per heavy atom. The number of aromatic nitrogens is 2. The molecule has 0 spiro atoms. The fraction of sp³-hybridized carbons (Fsp3) is 0.259. The molecule has 39 heavy (non-hydrogen) atoms. The summed E-state index contributed by atoms with van der Waals surface area (Å²) in [6.45, 7) is 1.98. The largest absolute Gasteiger partial charge is 0.375 e. The first-order chi connectivity index (χ1) is 18.7. The van der Waals surface area contributed by atoms with Crippen molar-refractivity contribution in [1.82, 2.24) is 9.97 Å². The summed E-state index contributed by atoms with van der Waals surface area (Å²) >= 11 is 6.54. The first-order valence-corrected chi connectivity index (χ1v) is 14.1. The molecule has 3 aromatic carbocycles. The average molecular weight is 576 g/mol. The van der Waals surface area contributed by atoms with Crippen molar-refractivity contribution in [2.45, 2.75) is 23.9 Å². The second-order valence-corrected chi connectivity index (χ2v) is 11.3. The van der Waals surface area contributed by atoms with Crippen LogP contribution in [0.1, 0.15) is 11.3 Å². The van der Waals surface area contributed by atoms with Crippen LogP contribution in [-0.2, 0) is 23.8 Å². The quantitative estimate of drug-likeness (QED) is 0.194. The Bertz CT molecular complexity index is 1640. The van der Waals surface area contributed by atoms with E-state index in [1.165, 1.54) is 6.33 Å². The van der Waals surface area contributed by atoms with Crippen LogP contribution in [0, 0.1) is 23.3 Å². The van der Waals surface area contributed by atoms with Gasteiger partial charge in [-0.05, 0) is 23.9 Å². The van der Waals surface area contributed by atoms with E-state index in [9.17, 15) is 21.8 Å². The molecule has 1 N–H and O–H groups in total. The van der Waals surface area contributed by atoms with Gasteiger partial charge in [0.2, 0.25) is 0 Å². The summed E-state index contributed by atoms with van der Waals surface area (Å²) in [4.78, 5) is 12.5. The summed E-state index contributed by atoms with van der Waals surface area (Å²) < 4.78 is 68.4. The number of halogens is 5. The van der Waals surface area contributed by atoms with Gasteiger partial charge in [0.05, 0.1) is 39.8 Å². The lowest BCUT2D eigenvalue weighted by atomic mass is 10.00. The minimum Gasteiger partial charge on any atom is -0.375 e. The summed E-state index contributed by atoms with van der Waals surface area (Å²) in [5.41, 5.74) is 2.29. The Morgan fingerprint density at radius 1 is 0.974 bits per heavy atom. The molecule has 1 atom stereocenters. The van der Waals surface area contributed by atoms with Crippen molar-refractivity contribution < 1.29 is 21.8 Å². The Kier molecular flexibility index (Phi) is 6.58. The van der Waals surface area contributed by atoms with Gasteiger partial charge in [0, 0.05) is 42.5 Å². The van der Waals surface area contributed by atoms with Crippen molar-refractivity contribution in [3.05, 3.63) is 82.3 Å². The highest BCUT2D eigenvalue weighted by molar-refractivity contribution is 7.84. The monoisotopic (exact) mass is 575 g/mol. The van der Waals surface area contributed by atoms with Crippen molar-refractivity contribution in [2.75, 3.05) is 41.0 Å². The van der Waals surface area contributed by atoms with E-state index < -0.39 is 50.7 Å². The van der Waals surface area contributed by atoms with Crippen LogP contribution in [0.15, 0.2) is 47.6 Å². The van der Waals surface area contributed by atoms with E-state index >= 15 is 0 Å². The summed E-state index contributed by atoms with van der Waals surface area (Å²) in [7, 11) is -2.08. The third-order valence-electron chi connectivity index (χ3n) is 7.20. The molecule has 202 valence electrons. The third-order valence-corrected chi connectivity index (χ3v) is 8.47. The lowest BCUT2D eigenvalue weighted by molar-refractivity contribution is 0.398. The van der Waals surface area contributed by atoms with E-state index in [-0.39, 0.29) is 0 Å². The molecule has 6 rings (SSSR count). The maximum atomic E-state index is 14.5. The molecule has 0 radical (unpaired) electrons. The van der Waals surface area contributed by atoms with Gasteiger partial charge in [-0.1, -0.05) is 35.9 Å². The summed E-state index contributed by atoms with van der Waals surface area (Å²) in [6.07, 6.45) is 3.26. The summed E-state index contributed by atoms with van der Waals surface area (Å²) in [6, 6.07) is 11.5. The number of benzene rings is 3. The highest BCUT2D eigenvalue weighted by Crippen LogP contribution is 2.37. The van der Waals surface area contributed by atoms with E-state index in [4.69, 9.17) is 11.6 Å². The molecule has 1 fully saturated rings. The molecule has 6 nitrogen and oxygen atoms in total. The van der Waals surface area contributed by atoms with E-state index in [2.05, 4.69) is 20.2 Å². The Hall–Kier alpha value is -3.44. The molecule has 12 heteroatoms. The standard InChI is InChI=1S/C27H22ClF4N5OS/c1-39(38)26-24(32)22(30)21(29)23(31)25(26)35-15-10-37(11-15)27-16-8-9-36(12-18(16)33-13-34-27)19-7-3-5-14-4-2-6-17(28)20(14)19/h2-7,13,15,35H,8-12H2,1H3. The lowest BCUT2D eigenvalue weighted by Gasteiger charge is -2.43. The van der Waals surface area contributed by atoms with Crippen LogP contribution in [0.2, 0.25) is 5.02 Å². The van der Waals surface area contributed by atoms with Crippen molar-refractivity contribution in [3.8, 4) is 0 Å². The summed E-state index contributed by atoms with van der Waals surface area (Å²) in [5.74, 6) is -6.43. The zero-order valence-electron chi connectivity index (χ0n) is 20.6. The molecule has 0 amide bonds. The Morgan fingerprint density at radius 3 is 2.44 bits per heavy atom. The molecule has 4 aromatic rings.